The highest BCUT2D eigenvalue weighted by molar-refractivity contribution is 7.88. The first-order valence-electron chi connectivity index (χ1n) is 10.1. The molecule has 1 aliphatic carbocycles. The van der Waals surface area contributed by atoms with Crippen LogP contribution >= 0.6 is 0 Å². The molecular formula is C19H32N4O4S. The van der Waals surface area contributed by atoms with Gasteiger partial charge in [-0.1, -0.05) is 0 Å². The minimum atomic E-state index is -3.20. The normalized spacial score (nSPS) is 28.4. The number of rotatable bonds is 8. The molecule has 0 bridgehead atoms. The predicted molar refractivity (Wildman–Crippen MR) is 107 cm³/mol. The molecule has 0 unspecified atom stereocenters. The van der Waals surface area contributed by atoms with Gasteiger partial charge in [-0.2, -0.15) is 0 Å². The first-order chi connectivity index (χ1) is 13.4. The quantitative estimate of drug-likeness (QED) is 0.667. The number of ether oxygens (including phenoxy) is 2. The third-order valence-corrected chi connectivity index (χ3v) is 6.37. The summed E-state index contributed by atoms with van der Waals surface area (Å²) in [6.45, 7) is 5.92. The molecule has 1 aliphatic heterocycles. The van der Waals surface area contributed by atoms with Crippen molar-refractivity contribution in [1.82, 2.24) is 20.0 Å². The molecule has 2 N–H and O–H groups in total. The average molecular weight is 413 g/mol. The molecule has 1 saturated carbocycles. The maximum absolute atomic E-state index is 11.5. The van der Waals surface area contributed by atoms with Gasteiger partial charge < -0.3 is 14.8 Å². The molecule has 0 aromatic carbocycles. The number of aromatic nitrogens is 2. The van der Waals surface area contributed by atoms with E-state index in [4.69, 9.17) is 9.47 Å². The monoisotopic (exact) mass is 412 g/mol. The minimum absolute atomic E-state index is 0.0294. The van der Waals surface area contributed by atoms with Crippen LogP contribution in [0, 0.1) is 6.92 Å². The summed E-state index contributed by atoms with van der Waals surface area (Å²) < 4.78 is 37.6. The fourth-order valence-corrected chi connectivity index (χ4v) is 5.13. The molecule has 2 atom stereocenters. The van der Waals surface area contributed by atoms with Gasteiger partial charge >= 0.3 is 0 Å². The van der Waals surface area contributed by atoms with Crippen molar-refractivity contribution in [2.24, 2.45) is 0 Å². The Balaban J connectivity index is 1.51. The third kappa shape index (κ3) is 5.62. The van der Waals surface area contributed by atoms with Gasteiger partial charge in [-0.05, 0) is 58.4 Å². The Bertz CT molecular complexity index is 750. The van der Waals surface area contributed by atoms with Gasteiger partial charge in [0.2, 0.25) is 15.9 Å². The van der Waals surface area contributed by atoms with E-state index in [0.717, 1.165) is 49.9 Å². The highest BCUT2D eigenvalue weighted by atomic mass is 32.2. The van der Waals surface area contributed by atoms with Gasteiger partial charge in [0.25, 0.3) is 0 Å². The molecule has 3 rings (SSSR count). The lowest BCUT2D eigenvalue weighted by Gasteiger charge is -2.31. The largest absolute Gasteiger partial charge is 0.478 e. The van der Waals surface area contributed by atoms with E-state index in [0.29, 0.717) is 25.0 Å². The van der Waals surface area contributed by atoms with Gasteiger partial charge in [0, 0.05) is 23.3 Å². The summed E-state index contributed by atoms with van der Waals surface area (Å²) in [6.07, 6.45) is 7.75. The van der Waals surface area contributed by atoms with Gasteiger partial charge in [0.15, 0.2) is 0 Å². The van der Waals surface area contributed by atoms with E-state index < -0.39 is 10.0 Å². The molecule has 28 heavy (non-hydrogen) atoms. The predicted octanol–water partition coefficient (Wildman–Crippen LogP) is 1.51. The highest BCUT2D eigenvalue weighted by Gasteiger charge is 2.32. The molecule has 2 fully saturated rings. The van der Waals surface area contributed by atoms with Crippen molar-refractivity contribution in [3.63, 3.8) is 0 Å². The summed E-state index contributed by atoms with van der Waals surface area (Å²) in [5.41, 5.74) is 2.13. The van der Waals surface area contributed by atoms with Crippen LogP contribution in [0.25, 0.3) is 0 Å². The van der Waals surface area contributed by atoms with Crippen molar-refractivity contribution < 1.29 is 17.9 Å². The minimum Gasteiger partial charge on any atom is -0.478 e. The van der Waals surface area contributed by atoms with Crippen LogP contribution in [0.15, 0.2) is 6.33 Å². The van der Waals surface area contributed by atoms with Gasteiger partial charge in [0.1, 0.15) is 6.33 Å². The lowest BCUT2D eigenvalue weighted by molar-refractivity contribution is 0.0124. The van der Waals surface area contributed by atoms with Crippen molar-refractivity contribution in [1.29, 1.82) is 0 Å². The van der Waals surface area contributed by atoms with E-state index in [1.807, 2.05) is 13.8 Å². The van der Waals surface area contributed by atoms with Crippen molar-refractivity contribution in [3.05, 3.63) is 17.6 Å². The van der Waals surface area contributed by atoms with Crippen molar-refractivity contribution in [3.8, 4) is 5.88 Å². The Morgan fingerprint density at radius 3 is 2.64 bits per heavy atom. The summed E-state index contributed by atoms with van der Waals surface area (Å²) in [6, 6.07) is -0.0639. The van der Waals surface area contributed by atoms with Gasteiger partial charge in [-0.3, -0.25) is 0 Å². The van der Waals surface area contributed by atoms with Crippen molar-refractivity contribution >= 4 is 10.0 Å². The number of hydrogen-bond acceptors (Lipinski definition) is 7. The zero-order valence-electron chi connectivity index (χ0n) is 17.0. The lowest BCUT2D eigenvalue weighted by atomic mass is 9.82. The summed E-state index contributed by atoms with van der Waals surface area (Å²) in [4.78, 5) is 8.68. The van der Waals surface area contributed by atoms with E-state index in [9.17, 15) is 8.42 Å². The number of hydrogen-bond donors (Lipinski definition) is 2. The molecule has 2 aliphatic rings. The second-order valence-corrected chi connectivity index (χ2v) is 9.54. The van der Waals surface area contributed by atoms with Crippen molar-refractivity contribution in [2.45, 2.75) is 70.1 Å². The summed E-state index contributed by atoms with van der Waals surface area (Å²) in [7, 11) is -3.20. The number of nitrogens with one attached hydrogen (secondary N) is 2. The molecule has 1 saturated heterocycles. The fraction of sp³-hybridized carbons (Fsp3) is 0.789. The standard InChI is InChI=1S/C19H32N4O4S/c1-4-26-19-18(13(2)21-12-22-19)14-5-7-15(8-6-14)27-11-17-16(9-10-20-17)23-28(3,24)25/h12,14-17,20,23H,4-11H2,1-3H3/t14-,15+,16-,17-/m0/s1. The van der Waals surface area contributed by atoms with Gasteiger partial charge in [0.05, 0.1) is 25.6 Å². The van der Waals surface area contributed by atoms with Gasteiger partial charge in [-0.25, -0.2) is 23.1 Å². The fourth-order valence-electron chi connectivity index (χ4n) is 4.30. The van der Waals surface area contributed by atoms with E-state index >= 15 is 0 Å². The summed E-state index contributed by atoms with van der Waals surface area (Å²) >= 11 is 0. The first kappa shape index (κ1) is 21.4. The average Bonchev–Trinajstić information content (AvgIpc) is 3.06. The third-order valence-electron chi connectivity index (χ3n) is 5.63. The topological polar surface area (TPSA) is 102 Å². The molecule has 9 heteroatoms. The zero-order chi connectivity index (χ0) is 20.1. The molecule has 0 amide bonds. The van der Waals surface area contributed by atoms with E-state index in [2.05, 4.69) is 20.0 Å². The van der Waals surface area contributed by atoms with Crippen molar-refractivity contribution in [2.75, 3.05) is 26.0 Å². The van der Waals surface area contributed by atoms with Crippen LogP contribution in [0.4, 0.5) is 0 Å². The Kier molecular flexibility index (Phi) is 7.25. The van der Waals surface area contributed by atoms with Crippen LogP contribution in [0.5, 0.6) is 5.88 Å². The maximum Gasteiger partial charge on any atom is 0.220 e. The second-order valence-electron chi connectivity index (χ2n) is 7.76. The van der Waals surface area contributed by atoms with Crippen LogP contribution in [0.3, 0.4) is 0 Å². The molecule has 2 heterocycles. The maximum atomic E-state index is 11.5. The SMILES string of the molecule is CCOc1ncnc(C)c1[C@H]1CC[C@@H](OC[C@@H]2NCC[C@@H]2NS(C)(=O)=O)CC1. The van der Waals surface area contributed by atoms with Crippen LogP contribution < -0.4 is 14.8 Å². The Morgan fingerprint density at radius 2 is 1.96 bits per heavy atom. The number of nitrogens with zero attached hydrogens (tertiary/aromatic N) is 2. The highest BCUT2D eigenvalue weighted by Crippen LogP contribution is 2.38. The van der Waals surface area contributed by atoms with E-state index in [1.54, 1.807) is 6.33 Å². The molecule has 158 valence electrons. The molecule has 1 aromatic rings. The lowest BCUT2D eigenvalue weighted by Crippen LogP contribution is -2.46. The molecular weight excluding hydrogens is 380 g/mol. The van der Waals surface area contributed by atoms with Crippen LogP contribution in [0.1, 0.15) is 56.2 Å². The zero-order valence-corrected chi connectivity index (χ0v) is 17.8. The molecule has 1 aromatic heterocycles. The van der Waals surface area contributed by atoms with Crippen LogP contribution in [-0.4, -0.2) is 62.6 Å². The van der Waals surface area contributed by atoms with Crippen LogP contribution in [0.2, 0.25) is 0 Å². The van der Waals surface area contributed by atoms with E-state index in [-0.39, 0.29) is 18.2 Å². The summed E-state index contributed by atoms with van der Waals surface area (Å²) in [5.74, 6) is 1.11. The Hall–Kier alpha value is -1.29. The van der Waals surface area contributed by atoms with Crippen LogP contribution in [-0.2, 0) is 14.8 Å². The van der Waals surface area contributed by atoms with E-state index in [1.165, 1.54) is 6.26 Å². The molecule has 0 radical (unpaired) electrons. The number of sulfonamides is 1. The smallest absolute Gasteiger partial charge is 0.220 e. The Morgan fingerprint density at radius 1 is 1.21 bits per heavy atom. The second kappa shape index (κ2) is 9.47. The molecule has 0 spiro atoms. The number of aryl methyl sites for hydroxylation is 1. The first-order valence-corrected chi connectivity index (χ1v) is 12.0. The Labute approximate surface area is 167 Å². The summed E-state index contributed by atoms with van der Waals surface area (Å²) in [5, 5.41) is 3.35. The molecule has 8 nitrogen and oxygen atoms in total. The van der Waals surface area contributed by atoms with Gasteiger partial charge in [-0.15, -0.1) is 0 Å².